The number of aromatic nitrogens is 2. The molecule has 1 unspecified atom stereocenters. The lowest BCUT2D eigenvalue weighted by atomic mass is 10.0. The Bertz CT molecular complexity index is 628. The largest absolute Gasteiger partial charge is 0.326 e. The highest BCUT2D eigenvalue weighted by atomic mass is 16.1. The van der Waals surface area contributed by atoms with Gasteiger partial charge >= 0.3 is 0 Å². The SMILES string of the molecule is CCn1ncc2ccc(NC(=O)CCC3CCNC3)cc21. The van der Waals surface area contributed by atoms with Crippen molar-refractivity contribution in [2.75, 3.05) is 18.4 Å². The second-order valence-electron chi connectivity index (χ2n) is 5.68. The van der Waals surface area contributed by atoms with Gasteiger partial charge in [0.05, 0.1) is 11.7 Å². The zero-order valence-electron chi connectivity index (χ0n) is 12.4. The van der Waals surface area contributed by atoms with Crippen molar-refractivity contribution in [2.45, 2.75) is 32.7 Å². The van der Waals surface area contributed by atoms with E-state index in [1.54, 1.807) is 0 Å². The number of benzene rings is 1. The molecule has 2 aromatic rings. The Morgan fingerprint density at radius 2 is 2.43 bits per heavy atom. The summed E-state index contributed by atoms with van der Waals surface area (Å²) in [6.45, 7) is 5.03. The number of anilines is 1. The van der Waals surface area contributed by atoms with E-state index in [2.05, 4.69) is 22.7 Å². The predicted molar refractivity (Wildman–Crippen MR) is 84.2 cm³/mol. The fraction of sp³-hybridized carbons (Fsp3) is 0.500. The third kappa shape index (κ3) is 3.24. The summed E-state index contributed by atoms with van der Waals surface area (Å²) in [5.74, 6) is 0.753. The zero-order chi connectivity index (χ0) is 14.7. The van der Waals surface area contributed by atoms with Crippen LogP contribution in [0.5, 0.6) is 0 Å². The molecule has 3 rings (SSSR count). The van der Waals surface area contributed by atoms with Crippen molar-refractivity contribution < 1.29 is 4.79 Å². The molecular weight excluding hydrogens is 264 g/mol. The lowest BCUT2D eigenvalue weighted by molar-refractivity contribution is -0.116. The summed E-state index contributed by atoms with van der Waals surface area (Å²) in [5.41, 5.74) is 1.92. The highest BCUT2D eigenvalue weighted by Gasteiger charge is 2.15. The number of nitrogens with one attached hydrogen (secondary N) is 2. The molecule has 21 heavy (non-hydrogen) atoms. The van der Waals surface area contributed by atoms with E-state index in [9.17, 15) is 4.79 Å². The van der Waals surface area contributed by atoms with E-state index in [1.165, 1.54) is 6.42 Å². The van der Waals surface area contributed by atoms with Gasteiger partial charge in [0, 0.05) is 24.0 Å². The number of fused-ring (bicyclic) bond motifs is 1. The van der Waals surface area contributed by atoms with Crippen LogP contribution in [0.4, 0.5) is 5.69 Å². The van der Waals surface area contributed by atoms with E-state index in [0.29, 0.717) is 12.3 Å². The predicted octanol–water partition coefficient (Wildman–Crippen LogP) is 2.38. The van der Waals surface area contributed by atoms with Gasteiger partial charge in [-0.15, -0.1) is 0 Å². The molecule has 1 fully saturated rings. The Morgan fingerprint density at radius 3 is 3.19 bits per heavy atom. The molecule has 0 aliphatic carbocycles. The molecule has 5 nitrogen and oxygen atoms in total. The molecule has 0 bridgehead atoms. The average Bonchev–Trinajstić information content (AvgIpc) is 3.14. The van der Waals surface area contributed by atoms with Gasteiger partial charge in [-0.1, -0.05) is 0 Å². The van der Waals surface area contributed by atoms with Crippen molar-refractivity contribution in [3.63, 3.8) is 0 Å². The molecule has 0 radical (unpaired) electrons. The molecule has 0 saturated carbocycles. The highest BCUT2D eigenvalue weighted by molar-refractivity contribution is 5.93. The van der Waals surface area contributed by atoms with Gasteiger partial charge in [-0.2, -0.15) is 5.10 Å². The van der Waals surface area contributed by atoms with E-state index in [4.69, 9.17) is 0 Å². The minimum absolute atomic E-state index is 0.101. The van der Waals surface area contributed by atoms with Gasteiger partial charge in [0.2, 0.25) is 5.91 Å². The smallest absolute Gasteiger partial charge is 0.224 e. The third-order valence-electron chi connectivity index (χ3n) is 4.17. The number of amides is 1. The summed E-state index contributed by atoms with van der Waals surface area (Å²) in [6, 6.07) is 5.95. The van der Waals surface area contributed by atoms with Crippen LogP contribution in [0.25, 0.3) is 10.9 Å². The normalized spacial score (nSPS) is 18.2. The van der Waals surface area contributed by atoms with E-state index in [1.807, 2.05) is 29.1 Å². The van der Waals surface area contributed by atoms with E-state index in [0.717, 1.165) is 42.6 Å². The molecule has 2 N–H and O–H groups in total. The first-order valence-corrected chi connectivity index (χ1v) is 7.72. The standard InChI is InChI=1S/C16H22N4O/c1-2-20-15-9-14(5-4-13(15)11-18-20)19-16(21)6-3-12-7-8-17-10-12/h4-5,9,11-12,17H,2-3,6-8,10H2,1H3,(H,19,21). The molecule has 1 aliphatic heterocycles. The molecule has 5 heteroatoms. The number of aryl methyl sites for hydroxylation is 1. The number of carbonyl (C=O) groups excluding carboxylic acids is 1. The van der Waals surface area contributed by atoms with Gasteiger partial charge < -0.3 is 10.6 Å². The third-order valence-corrected chi connectivity index (χ3v) is 4.17. The quantitative estimate of drug-likeness (QED) is 0.887. The molecule has 2 heterocycles. The monoisotopic (exact) mass is 286 g/mol. The van der Waals surface area contributed by atoms with Gasteiger partial charge in [0.25, 0.3) is 0 Å². The molecule has 1 aromatic carbocycles. The Balaban J connectivity index is 1.62. The molecule has 1 amide bonds. The summed E-state index contributed by atoms with van der Waals surface area (Å²) < 4.78 is 1.94. The Labute approximate surface area is 124 Å². The van der Waals surface area contributed by atoms with Crippen molar-refractivity contribution in [1.29, 1.82) is 0 Å². The molecular formula is C16H22N4O. The second kappa shape index (κ2) is 6.26. The first kappa shape index (κ1) is 14.1. The fourth-order valence-corrected chi connectivity index (χ4v) is 2.92. The number of hydrogen-bond acceptors (Lipinski definition) is 3. The molecule has 0 spiro atoms. The topological polar surface area (TPSA) is 59.0 Å². The van der Waals surface area contributed by atoms with Gasteiger partial charge in [-0.3, -0.25) is 9.48 Å². The van der Waals surface area contributed by atoms with Gasteiger partial charge in [0.1, 0.15) is 0 Å². The lowest BCUT2D eigenvalue weighted by Crippen LogP contribution is -2.15. The van der Waals surface area contributed by atoms with Gasteiger partial charge in [-0.25, -0.2) is 0 Å². The first-order chi connectivity index (χ1) is 10.3. The van der Waals surface area contributed by atoms with Crippen molar-refractivity contribution in [3.8, 4) is 0 Å². The molecule has 1 saturated heterocycles. The Kier molecular flexibility index (Phi) is 4.20. The van der Waals surface area contributed by atoms with Crippen molar-refractivity contribution in [3.05, 3.63) is 24.4 Å². The van der Waals surface area contributed by atoms with Crippen LogP contribution in [-0.2, 0) is 11.3 Å². The zero-order valence-corrected chi connectivity index (χ0v) is 12.4. The number of rotatable bonds is 5. The number of nitrogens with zero attached hydrogens (tertiary/aromatic N) is 2. The van der Waals surface area contributed by atoms with Gasteiger partial charge in [-0.05, 0) is 57.0 Å². The number of hydrogen-bond donors (Lipinski definition) is 2. The molecule has 1 aliphatic rings. The van der Waals surface area contributed by atoms with E-state index >= 15 is 0 Å². The van der Waals surface area contributed by atoms with Crippen molar-refractivity contribution in [2.24, 2.45) is 5.92 Å². The minimum Gasteiger partial charge on any atom is -0.326 e. The Hall–Kier alpha value is -1.88. The summed E-state index contributed by atoms with van der Waals surface area (Å²) in [7, 11) is 0. The van der Waals surface area contributed by atoms with Crippen LogP contribution in [0, 0.1) is 5.92 Å². The van der Waals surface area contributed by atoms with Crippen molar-refractivity contribution >= 4 is 22.5 Å². The van der Waals surface area contributed by atoms with Crippen LogP contribution in [0.3, 0.4) is 0 Å². The van der Waals surface area contributed by atoms with Crippen LogP contribution in [0.15, 0.2) is 24.4 Å². The van der Waals surface area contributed by atoms with Crippen LogP contribution < -0.4 is 10.6 Å². The van der Waals surface area contributed by atoms with Crippen molar-refractivity contribution in [1.82, 2.24) is 15.1 Å². The second-order valence-corrected chi connectivity index (χ2v) is 5.68. The fourth-order valence-electron chi connectivity index (χ4n) is 2.92. The molecule has 112 valence electrons. The van der Waals surface area contributed by atoms with Crippen LogP contribution in [-0.4, -0.2) is 28.8 Å². The van der Waals surface area contributed by atoms with Crippen LogP contribution in [0.2, 0.25) is 0 Å². The first-order valence-electron chi connectivity index (χ1n) is 7.72. The lowest BCUT2D eigenvalue weighted by Gasteiger charge is -2.09. The minimum atomic E-state index is 0.101. The molecule has 1 aromatic heterocycles. The van der Waals surface area contributed by atoms with Crippen LogP contribution >= 0.6 is 0 Å². The maximum atomic E-state index is 12.0. The average molecular weight is 286 g/mol. The highest BCUT2D eigenvalue weighted by Crippen LogP contribution is 2.20. The summed E-state index contributed by atoms with van der Waals surface area (Å²) in [4.78, 5) is 12.0. The maximum Gasteiger partial charge on any atom is 0.224 e. The summed E-state index contributed by atoms with van der Waals surface area (Å²) in [6.07, 6.45) is 4.61. The van der Waals surface area contributed by atoms with Crippen LogP contribution in [0.1, 0.15) is 26.2 Å². The summed E-state index contributed by atoms with van der Waals surface area (Å²) >= 11 is 0. The summed E-state index contributed by atoms with van der Waals surface area (Å²) in [5, 5.41) is 11.8. The number of carbonyl (C=O) groups is 1. The Morgan fingerprint density at radius 1 is 1.52 bits per heavy atom. The van der Waals surface area contributed by atoms with Gasteiger partial charge in [0.15, 0.2) is 0 Å². The maximum absolute atomic E-state index is 12.0. The molecule has 1 atom stereocenters. The van der Waals surface area contributed by atoms with E-state index < -0.39 is 0 Å². The van der Waals surface area contributed by atoms with E-state index in [-0.39, 0.29) is 5.91 Å².